The molecule has 15 heavy (non-hydrogen) atoms. The molecular weight excluding hydrogens is 218 g/mol. The van der Waals surface area contributed by atoms with Crippen molar-refractivity contribution in [3.8, 4) is 0 Å². The quantitative estimate of drug-likeness (QED) is 0.807. The Morgan fingerprint density at radius 2 is 1.87 bits per heavy atom. The lowest BCUT2D eigenvalue weighted by Crippen LogP contribution is -2.13. The van der Waals surface area contributed by atoms with Crippen molar-refractivity contribution in [2.24, 2.45) is 0 Å². The smallest absolute Gasteiger partial charge is 0.222 e. The van der Waals surface area contributed by atoms with Crippen LogP contribution in [0.3, 0.4) is 0 Å². The van der Waals surface area contributed by atoms with Gasteiger partial charge in [-0.3, -0.25) is 9.59 Å². The number of anilines is 2. The van der Waals surface area contributed by atoms with E-state index in [4.69, 9.17) is 11.6 Å². The number of halogens is 1. The maximum Gasteiger partial charge on any atom is 0.222 e. The van der Waals surface area contributed by atoms with Crippen LogP contribution in [0.1, 0.15) is 13.8 Å². The Morgan fingerprint density at radius 1 is 1.27 bits per heavy atom. The van der Waals surface area contributed by atoms with Crippen molar-refractivity contribution in [1.29, 1.82) is 0 Å². The molecule has 0 saturated carbocycles. The van der Waals surface area contributed by atoms with E-state index in [9.17, 15) is 9.59 Å². The number of nitrogens with zero attached hydrogens (tertiary/aromatic N) is 1. The predicted octanol–water partition coefficient (Wildman–Crippen LogP) is 1.65. The largest absolute Gasteiger partial charge is 0.323 e. The van der Waals surface area contributed by atoms with E-state index in [2.05, 4.69) is 15.6 Å². The standard InChI is InChI=1S/C9H10ClN3O2/c1-5(14)12-8-3-7(10)4-11-9(8)13-6(2)15/h3-4H,1-2H3,(H,12,14)(H,11,13,15). The van der Waals surface area contributed by atoms with E-state index in [1.165, 1.54) is 26.1 Å². The summed E-state index contributed by atoms with van der Waals surface area (Å²) in [5.41, 5.74) is 0.380. The van der Waals surface area contributed by atoms with Crippen LogP contribution in [0.15, 0.2) is 12.3 Å². The molecule has 1 aromatic heterocycles. The second kappa shape index (κ2) is 4.75. The number of pyridine rings is 1. The van der Waals surface area contributed by atoms with E-state index < -0.39 is 0 Å². The number of hydrogen-bond acceptors (Lipinski definition) is 3. The third-order valence-electron chi connectivity index (χ3n) is 1.46. The van der Waals surface area contributed by atoms with Gasteiger partial charge in [0.25, 0.3) is 0 Å². The van der Waals surface area contributed by atoms with Gasteiger partial charge in [-0.2, -0.15) is 0 Å². The third-order valence-corrected chi connectivity index (χ3v) is 1.67. The summed E-state index contributed by atoms with van der Waals surface area (Å²) in [6.45, 7) is 2.71. The first kappa shape index (κ1) is 11.5. The third kappa shape index (κ3) is 3.55. The van der Waals surface area contributed by atoms with Gasteiger partial charge in [-0.25, -0.2) is 4.98 Å². The first-order valence-corrected chi connectivity index (χ1v) is 4.57. The van der Waals surface area contributed by atoms with E-state index in [0.717, 1.165) is 0 Å². The molecule has 1 rings (SSSR count). The van der Waals surface area contributed by atoms with Gasteiger partial charge in [-0.1, -0.05) is 11.6 Å². The highest BCUT2D eigenvalue weighted by Crippen LogP contribution is 2.22. The lowest BCUT2D eigenvalue weighted by Gasteiger charge is -2.08. The number of aromatic nitrogens is 1. The summed E-state index contributed by atoms with van der Waals surface area (Å²) in [4.78, 5) is 25.6. The zero-order valence-electron chi connectivity index (χ0n) is 8.30. The van der Waals surface area contributed by atoms with E-state index in [1.54, 1.807) is 0 Å². The molecule has 2 N–H and O–H groups in total. The number of nitrogens with one attached hydrogen (secondary N) is 2. The number of carbonyl (C=O) groups excluding carboxylic acids is 2. The molecule has 0 fully saturated rings. The molecule has 0 spiro atoms. The summed E-state index contributed by atoms with van der Waals surface area (Å²) in [7, 11) is 0. The molecule has 0 unspecified atom stereocenters. The van der Waals surface area contributed by atoms with Crippen molar-refractivity contribution in [3.63, 3.8) is 0 Å². The van der Waals surface area contributed by atoms with Crippen molar-refractivity contribution in [2.75, 3.05) is 10.6 Å². The van der Waals surface area contributed by atoms with Crippen LogP contribution in [0, 0.1) is 0 Å². The topological polar surface area (TPSA) is 71.1 Å². The Balaban J connectivity index is 3.02. The van der Waals surface area contributed by atoms with Crippen LogP contribution in [0.4, 0.5) is 11.5 Å². The van der Waals surface area contributed by atoms with Gasteiger partial charge in [0.05, 0.1) is 10.7 Å². The van der Waals surface area contributed by atoms with Crippen LogP contribution < -0.4 is 10.6 Å². The first-order valence-electron chi connectivity index (χ1n) is 4.20. The molecule has 6 heteroatoms. The average Bonchev–Trinajstić information content (AvgIpc) is 2.08. The van der Waals surface area contributed by atoms with Crippen LogP contribution in [0.5, 0.6) is 0 Å². The molecule has 1 aromatic rings. The monoisotopic (exact) mass is 227 g/mol. The minimum Gasteiger partial charge on any atom is -0.323 e. The minimum absolute atomic E-state index is 0.259. The summed E-state index contributed by atoms with van der Waals surface area (Å²) in [6.07, 6.45) is 1.39. The average molecular weight is 228 g/mol. The van der Waals surface area contributed by atoms with Crippen LogP contribution in [0.25, 0.3) is 0 Å². The summed E-state index contributed by atoms with van der Waals surface area (Å²) >= 11 is 5.71. The second-order valence-corrected chi connectivity index (χ2v) is 3.35. The van der Waals surface area contributed by atoms with Crippen molar-refractivity contribution < 1.29 is 9.59 Å². The molecule has 0 aliphatic heterocycles. The van der Waals surface area contributed by atoms with Gasteiger partial charge in [0, 0.05) is 20.0 Å². The van der Waals surface area contributed by atoms with Gasteiger partial charge in [0.2, 0.25) is 11.8 Å². The van der Waals surface area contributed by atoms with E-state index in [-0.39, 0.29) is 17.6 Å². The fourth-order valence-corrected chi connectivity index (χ4v) is 1.15. The second-order valence-electron chi connectivity index (χ2n) is 2.91. The predicted molar refractivity (Wildman–Crippen MR) is 57.9 cm³/mol. The normalized spacial score (nSPS) is 9.53. The van der Waals surface area contributed by atoms with Gasteiger partial charge in [0.1, 0.15) is 0 Å². The van der Waals surface area contributed by atoms with Gasteiger partial charge in [-0.05, 0) is 6.07 Å². The number of amides is 2. The maximum atomic E-state index is 10.9. The molecule has 0 radical (unpaired) electrons. The molecule has 0 aromatic carbocycles. The molecule has 2 amide bonds. The molecule has 5 nitrogen and oxygen atoms in total. The van der Waals surface area contributed by atoms with E-state index >= 15 is 0 Å². The molecule has 0 saturated heterocycles. The van der Waals surface area contributed by atoms with Crippen molar-refractivity contribution in [3.05, 3.63) is 17.3 Å². The summed E-state index contributed by atoms with van der Waals surface area (Å²) in [5, 5.41) is 5.38. The van der Waals surface area contributed by atoms with Gasteiger partial charge >= 0.3 is 0 Å². The highest BCUT2D eigenvalue weighted by Gasteiger charge is 2.07. The SMILES string of the molecule is CC(=O)Nc1cc(Cl)cnc1NC(C)=O. The van der Waals surface area contributed by atoms with Gasteiger partial charge in [-0.15, -0.1) is 0 Å². The Kier molecular flexibility index (Phi) is 3.62. The number of hydrogen-bond donors (Lipinski definition) is 2. The number of carbonyl (C=O) groups is 2. The van der Waals surface area contributed by atoms with Gasteiger partial charge < -0.3 is 10.6 Å². The Morgan fingerprint density at radius 3 is 2.40 bits per heavy atom. The fraction of sp³-hybridized carbons (Fsp3) is 0.222. The van der Waals surface area contributed by atoms with E-state index in [1.807, 2.05) is 0 Å². The minimum atomic E-state index is -0.267. The molecule has 80 valence electrons. The van der Waals surface area contributed by atoms with Crippen molar-refractivity contribution >= 4 is 34.9 Å². The van der Waals surface area contributed by atoms with Gasteiger partial charge in [0.15, 0.2) is 5.82 Å². The Hall–Kier alpha value is -1.62. The van der Waals surface area contributed by atoms with Crippen LogP contribution in [-0.2, 0) is 9.59 Å². The highest BCUT2D eigenvalue weighted by atomic mass is 35.5. The summed E-state index contributed by atoms with van der Waals surface area (Å²) in [6, 6.07) is 1.52. The van der Waals surface area contributed by atoms with Crippen LogP contribution >= 0.6 is 11.6 Å². The van der Waals surface area contributed by atoms with Crippen LogP contribution in [-0.4, -0.2) is 16.8 Å². The fourth-order valence-electron chi connectivity index (χ4n) is 0.991. The Bertz CT molecular complexity index is 406. The number of rotatable bonds is 2. The molecule has 1 heterocycles. The molecule has 0 aliphatic rings. The highest BCUT2D eigenvalue weighted by molar-refractivity contribution is 6.31. The summed E-state index contributed by atoms with van der Waals surface area (Å²) < 4.78 is 0. The lowest BCUT2D eigenvalue weighted by atomic mass is 10.3. The van der Waals surface area contributed by atoms with E-state index in [0.29, 0.717) is 10.7 Å². The van der Waals surface area contributed by atoms with Crippen molar-refractivity contribution in [1.82, 2.24) is 4.98 Å². The van der Waals surface area contributed by atoms with Crippen molar-refractivity contribution in [2.45, 2.75) is 13.8 Å². The first-order chi connectivity index (χ1) is 6.99. The Labute approximate surface area is 91.8 Å². The molecule has 0 atom stereocenters. The molecule has 0 bridgehead atoms. The lowest BCUT2D eigenvalue weighted by molar-refractivity contribution is -0.115. The van der Waals surface area contributed by atoms with Crippen LogP contribution in [0.2, 0.25) is 5.02 Å². The zero-order chi connectivity index (χ0) is 11.4. The summed E-state index contributed by atoms with van der Waals surface area (Å²) in [5.74, 6) is -0.246. The maximum absolute atomic E-state index is 10.9. The molecule has 0 aliphatic carbocycles. The molecular formula is C9H10ClN3O2. The zero-order valence-corrected chi connectivity index (χ0v) is 9.05.